The fourth-order valence-electron chi connectivity index (χ4n) is 3.47. The van der Waals surface area contributed by atoms with Crippen LogP contribution in [0.5, 0.6) is 0 Å². The van der Waals surface area contributed by atoms with E-state index in [4.69, 9.17) is 15.7 Å². The third kappa shape index (κ3) is 3.30. The Morgan fingerprint density at radius 1 is 1.16 bits per heavy atom. The molecule has 0 aliphatic carbocycles. The monoisotopic (exact) mass is 536 g/mol. The Labute approximate surface area is 199 Å². The molecule has 0 unspecified atom stereocenters. The van der Waals surface area contributed by atoms with E-state index in [9.17, 15) is 12.8 Å². The van der Waals surface area contributed by atoms with Crippen molar-refractivity contribution in [1.82, 2.24) is 23.7 Å². The Morgan fingerprint density at radius 3 is 2.62 bits per heavy atom. The molecule has 0 aliphatic heterocycles. The van der Waals surface area contributed by atoms with Crippen molar-refractivity contribution < 1.29 is 16.9 Å². The van der Waals surface area contributed by atoms with Gasteiger partial charge < -0.3 is 0 Å². The van der Waals surface area contributed by atoms with Crippen LogP contribution in [0, 0.1) is 12.7 Å². The van der Waals surface area contributed by atoms with Crippen molar-refractivity contribution in [1.29, 1.82) is 0 Å². The van der Waals surface area contributed by atoms with Gasteiger partial charge in [0.2, 0.25) is 5.28 Å². The molecule has 162 valence electrons. The summed E-state index contributed by atoms with van der Waals surface area (Å²) in [7, 11) is -4.14. The lowest BCUT2D eigenvalue weighted by atomic mass is 10.1. The van der Waals surface area contributed by atoms with Crippen LogP contribution in [-0.4, -0.2) is 32.1 Å². The van der Waals surface area contributed by atoms with Gasteiger partial charge in [-0.2, -0.15) is 5.10 Å². The number of benzene rings is 2. The first kappa shape index (κ1) is 17.7. The molecule has 0 amide bonds. The number of aryl methyl sites for hydroxylation is 2. The SMILES string of the molecule is [2H]C([2H])([2H])n1cc2nc(Cl)nc(-c3cn(S(=O)(=O)c4ccc(C)cc4)c4cc(F)c(Br)cc34)c2n1. The van der Waals surface area contributed by atoms with Crippen LogP contribution in [-0.2, 0) is 17.0 Å². The normalized spacial score (nSPS) is 13.9. The maximum atomic E-state index is 14.6. The van der Waals surface area contributed by atoms with Crippen molar-refractivity contribution in [2.75, 3.05) is 0 Å². The standard InChI is InChI=1S/C21H14BrClFN5O2S/c1-11-3-5-12(6-4-11)32(30,31)29-9-14(13-7-15(22)16(24)8-18(13)29)19-20-17(10-28(2)27-20)25-21(23)26-19/h3-10H,1-2H3/i2D3. The van der Waals surface area contributed by atoms with Crippen molar-refractivity contribution in [3.63, 3.8) is 0 Å². The highest BCUT2D eigenvalue weighted by atomic mass is 79.9. The molecule has 5 rings (SSSR count). The van der Waals surface area contributed by atoms with Crippen molar-refractivity contribution in [3.8, 4) is 11.3 Å². The highest BCUT2D eigenvalue weighted by Gasteiger charge is 2.25. The number of aromatic nitrogens is 5. The summed E-state index contributed by atoms with van der Waals surface area (Å²) in [5.41, 5.74) is 1.53. The second-order valence-electron chi connectivity index (χ2n) is 7.09. The highest BCUT2D eigenvalue weighted by molar-refractivity contribution is 9.10. The van der Waals surface area contributed by atoms with Gasteiger partial charge in [-0.25, -0.2) is 26.7 Å². The van der Waals surface area contributed by atoms with Crippen LogP contribution in [0.4, 0.5) is 4.39 Å². The van der Waals surface area contributed by atoms with Gasteiger partial charge in [-0.05, 0) is 52.7 Å². The summed E-state index contributed by atoms with van der Waals surface area (Å²) in [6.07, 6.45) is 2.50. The smallest absolute Gasteiger partial charge is 0.268 e. The molecule has 0 spiro atoms. The van der Waals surface area contributed by atoms with Gasteiger partial charge in [0.1, 0.15) is 22.5 Å². The van der Waals surface area contributed by atoms with Gasteiger partial charge in [-0.15, -0.1) is 0 Å². The van der Waals surface area contributed by atoms with Gasteiger partial charge in [0, 0.05) is 34.3 Å². The molecule has 7 nitrogen and oxygen atoms in total. The van der Waals surface area contributed by atoms with Crippen molar-refractivity contribution in [3.05, 3.63) is 69.9 Å². The average molecular weight is 538 g/mol. The van der Waals surface area contributed by atoms with E-state index in [1.54, 1.807) is 12.1 Å². The van der Waals surface area contributed by atoms with Crippen molar-refractivity contribution in [2.24, 2.45) is 6.98 Å². The number of nitrogens with zero attached hydrogens (tertiary/aromatic N) is 5. The summed E-state index contributed by atoms with van der Waals surface area (Å²) in [4.78, 5) is 8.28. The van der Waals surface area contributed by atoms with E-state index in [1.807, 2.05) is 6.92 Å². The second kappa shape index (κ2) is 7.36. The summed E-state index contributed by atoms with van der Waals surface area (Å²) in [5, 5.41) is 4.25. The number of hydrogen-bond acceptors (Lipinski definition) is 5. The number of fused-ring (bicyclic) bond motifs is 2. The lowest BCUT2D eigenvalue weighted by Gasteiger charge is -2.08. The van der Waals surface area contributed by atoms with E-state index in [2.05, 4.69) is 31.0 Å². The minimum atomic E-state index is -4.14. The molecule has 0 atom stereocenters. The molecule has 2 aromatic carbocycles. The predicted octanol–water partition coefficient (Wildman–Crippen LogP) is 5.09. The predicted molar refractivity (Wildman–Crippen MR) is 124 cm³/mol. The zero-order valence-corrected chi connectivity index (χ0v) is 19.4. The first-order chi connectivity index (χ1) is 16.4. The molecule has 0 N–H and O–H groups in total. The number of halogens is 3. The number of rotatable bonds is 3. The maximum Gasteiger partial charge on any atom is 0.268 e. The minimum absolute atomic E-state index is 0.00687. The first-order valence-electron chi connectivity index (χ1n) is 10.6. The second-order valence-corrected chi connectivity index (χ2v) is 10.1. The van der Waals surface area contributed by atoms with E-state index < -0.39 is 22.8 Å². The highest BCUT2D eigenvalue weighted by Crippen LogP contribution is 2.37. The van der Waals surface area contributed by atoms with E-state index in [-0.39, 0.29) is 42.5 Å². The Bertz CT molecular complexity index is 1750. The molecule has 0 saturated carbocycles. The molecule has 32 heavy (non-hydrogen) atoms. The van der Waals surface area contributed by atoms with Crippen LogP contribution in [0.2, 0.25) is 5.28 Å². The zero-order valence-electron chi connectivity index (χ0n) is 19.2. The van der Waals surface area contributed by atoms with Crippen LogP contribution in [0.15, 0.2) is 58.2 Å². The lowest BCUT2D eigenvalue weighted by molar-refractivity contribution is 0.589. The maximum absolute atomic E-state index is 14.6. The van der Waals surface area contributed by atoms with E-state index >= 15 is 0 Å². The van der Waals surface area contributed by atoms with Gasteiger partial charge in [0.05, 0.1) is 21.1 Å². The average Bonchev–Trinajstić information content (AvgIpc) is 3.36. The molecule has 3 aromatic heterocycles. The molecule has 11 heteroatoms. The van der Waals surface area contributed by atoms with Crippen LogP contribution < -0.4 is 0 Å². The zero-order chi connectivity index (χ0) is 25.3. The Balaban J connectivity index is 1.85. The molecule has 0 saturated heterocycles. The summed E-state index contributed by atoms with van der Waals surface area (Å²) in [6, 6.07) is 8.75. The van der Waals surface area contributed by atoms with Gasteiger partial charge >= 0.3 is 0 Å². The van der Waals surface area contributed by atoms with Crippen LogP contribution >= 0.6 is 27.5 Å². The van der Waals surface area contributed by atoms with Gasteiger partial charge in [-0.3, -0.25) is 4.68 Å². The largest absolute Gasteiger partial charge is 0.273 e. The Hall–Kier alpha value is -2.82. The summed E-state index contributed by atoms with van der Waals surface area (Å²) >= 11 is 9.26. The van der Waals surface area contributed by atoms with Crippen molar-refractivity contribution >= 4 is 59.5 Å². The molecular weight excluding hydrogens is 521 g/mol. The van der Waals surface area contributed by atoms with Gasteiger partial charge in [0.25, 0.3) is 10.0 Å². The molecular formula is C21H14BrClFN5O2S. The summed E-state index contributed by atoms with van der Waals surface area (Å²) < 4.78 is 66.4. The first-order valence-corrected chi connectivity index (χ1v) is 11.7. The van der Waals surface area contributed by atoms with E-state index in [0.29, 0.717) is 5.39 Å². The molecule has 0 bridgehead atoms. The lowest BCUT2D eigenvalue weighted by Crippen LogP contribution is -2.12. The summed E-state index contributed by atoms with van der Waals surface area (Å²) in [5.74, 6) is -0.667. The topological polar surface area (TPSA) is 82.7 Å². The van der Waals surface area contributed by atoms with E-state index in [0.717, 1.165) is 20.3 Å². The van der Waals surface area contributed by atoms with Crippen molar-refractivity contribution in [2.45, 2.75) is 11.8 Å². The number of hydrogen-bond donors (Lipinski definition) is 0. The fraction of sp³-hybridized carbons (Fsp3) is 0.0952. The molecule has 0 aliphatic rings. The Morgan fingerprint density at radius 2 is 1.91 bits per heavy atom. The van der Waals surface area contributed by atoms with Crippen LogP contribution in [0.3, 0.4) is 0 Å². The quantitative estimate of drug-likeness (QED) is 0.300. The third-order valence-corrected chi connectivity index (χ3v) is 7.45. The van der Waals surface area contributed by atoms with Gasteiger partial charge in [0.15, 0.2) is 0 Å². The Kier molecular flexibility index (Phi) is 4.07. The fourth-order valence-corrected chi connectivity index (χ4v) is 5.36. The molecule has 5 aromatic rings. The minimum Gasteiger partial charge on any atom is -0.273 e. The summed E-state index contributed by atoms with van der Waals surface area (Å²) in [6.45, 7) is -0.756. The van der Waals surface area contributed by atoms with Crippen LogP contribution in [0.25, 0.3) is 33.2 Å². The molecule has 0 fully saturated rings. The molecule has 0 radical (unpaired) electrons. The molecule has 3 heterocycles. The van der Waals surface area contributed by atoms with Gasteiger partial charge in [-0.1, -0.05) is 17.7 Å². The third-order valence-electron chi connectivity index (χ3n) is 4.98. The van der Waals surface area contributed by atoms with E-state index in [1.165, 1.54) is 30.6 Å². The van der Waals surface area contributed by atoms with Crippen LogP contribution in [0.1, 0.15) is 9.68 Å².